The summed E-state index contributed by atoms with van der Waals surface area (Å²) in [6, 6.07) is 0. The minimum Gasteiger partial charge on any atom is -0.466 e. The predicted octanol–water partition coefficient (Wildman–Crippen LogP) is 9.00. The molecule has 0 amide bonds. The minimum absolute atomic E-state index is 0.0365. The third-order valence-corrected chi connectivity index (χ3v) is 16.7. The van der Waals surface area contributed by atoms with E-state index in [1.165, 1.54) is 76.5 Å². The van der Waals surface area contributed by atoms with Crippen molar-refractivity contribution in [3.05, 3.63) is 35.5 Å². The molecular weight excluding hydrogens is 526 g/mol. The van der Waals surface area contributed by atoms with E-state index in [2.05, 4.69) is 65.2 Å². The molecule has 3 nitrogen and oxygen atoms in total. The predicted molar refractivity (Wildman–Crippen MR) is 174 cm³/mol. The van der Waals surface area contributed by atoms with Crippen molar-refractivity contribution in [1.82, 2.24) is 4.90 Å². The highest BCUT2D eigenvalue weighted by Gasteiger charge is 2.72. The largest absolute Gasteiger partial charge is 0.466 e. The van der Waals surface area contributed by atoms with Crippen molar-refractivity contribution in [1.29, 1.82) is 0 Å². The number of carbonyl (C=O) groups is 1. The molecule has 7 aliphatic carbocycles. The lowest BCUT2D eigenvalue weighted by Crippen LogP contribution is -2.67. The molecule has 236 valence electrons. The van der Waals surface area contributed by atoms with Crippen LogP contribution in [-0.2, 0) is 9.53 Å². The Morgan fingerprint density at radius 1 is 0.977 bits per heavy atom. The molecule has 1 heterocycles. The fourth-order valence-electron chi connectivity index (χ4n) is 14.5. The van der Waals surface area contributed by atoms with Crippen molar-refractivity contribution in [3.8, 4) is 0 Å². The highest BCUT2D eigenvalue weighted by atomic mass is 16.5. The summed E-state index contributed by atoms with van der Waals surface area (Å²) in [6.45, 7) is 25.5. The van der Waals surface area contributed by atoms with Gasteiger partial charge in [-0.05, 0) is 152 Å². The molecule has 4 unspecified atom stereocenters. The first kappa shape index (κ1) is 29.1. The molecule has 0 bridgehead atoms. The van der Waals surface area contributed by atoms with Crippen molar-refractivity contribution in [3.63, 3.8) is 0 Å². The Labute approximate surface area is 262 Å². The number of ether oxygens (including phenoxy) is 1. The molecule has 8 aliphatic rings. The van der Waals surface area contributed by atoms with E-state index in [1.54, 1.807) is 11.1 Å². The second kappa shape index (κ2) is 9.13. The Bertz CT molecular complexity index is 1300. The molecule has 1 saturated heterocycles. The van der Waals surface area contributed by atoms with Gasteiger partial charge >= 0.3 is 5.97 Å². The summed E-state index contributed by atoms with van der Waals surface area (Å²) in [7, 11) is 0. The van der Waals surface area contributed by atoms with Crippen LogP contribution in [0, 0.1) is 69.0 Å². The van der Waals surface area contributed by atoms with Crippen LogP contribution in [-0.4, -0.2) is 36.1 Å². The van der Waals surface area contributed by atoms with Crippen molar-refractivity contribution < 1.29 is 9.53 Å². The smallest absolute Gasteiger partial charge is 0.309 e. The lowest BCUT2D eigenvalue weighted by molar-refractivity contribution is -0.224. The van der Waals surface area contributed by atoms with E-state index >= 15 is 0 Å². The normalized spacial score (nSPS) is 52.4. The Balaban J connectivity index is 1.09. The number of allylic oxidation sites excluding steroid dienone is 5. The molecule has 6 fully saturated rings. The van der Waals surface area contributed by atoms with Gasteiger partial charge in [0.05, 0.1) is 12.5 Å². The van der Waals surface area contributed by atoms with E-state index in [9.17, 15) is 4.79 Å². The van der Waals surface area contributed by atoms with Gasteiger partial charge in [-0.1, -0.05) is 58.9 Å². The molecule has 0 N–H and O–H groups in total. The van der Waals surface area contributed by atoms with Crippen LogP contribution in [0.1, 0.15) is 113 Å². The first-order chi connectivity index (χ1) is 20.3. The van der Waals surface area contributed by atoms with Crippen molar-refractivity contribution in [2.24, 2.45) is 69.0 Å². The molecule has 43 heavy (non-hydrogen) atoms. The van der Waals surface area contributed by atoms with E-state index in [0.29, 0.717) is 40.2 Å². The highest BCUT2D eigenvalue weighted by Crippen LogP contribution is 2.77. The number of carbonyl (C=O) groups excluding carboxylic acids is 1. The van der Waals surface area contributed by atoms with Gasteiger partial charge in [0.1, 0.15) is 0 Å². The zero-order valence-electron chi connectivity index (χ0n) is 28.4. The number of hydrogen-bond acceptors (Lipinski definition) is 3. The van der Waals surface area contributed by atoms with Crippen LogP contribution in [0.4, 0.5) is 0 Å². The molecule has 0 spiro atoms. The van der Waals surface area contributed by atoms with Crippen LogP contribution in [0.15, 0.2) is 35.5 Å². The summed E-state index contributed by atoms with van der Waals surface area (Å²) in [5.74, 6) is 5.01. The van der Waals surface area contributed by atoms with Crippen molar-refractivity contribution in [2.75, 3.05) is 19.7 Å². The molecule has 8 rings (SSSR count). The second-order valence-corrected chi connectivity index (χ2v) is 18.2. The van der Waals surface area contributed by atoms with Gasteiger partial charge in [0.15, 0.2) is 0 Å². The average Bonchev–Trinajstić information content (AvgIpc) is 3.83. The van der Waals surface area contributed by atoms with Gasteiger partial charge in [-0.2, -0.15) is 0 Å². The van der Waals surface area contributed by atoms with Crippen LogP contribution >= 0.6 is 0 Å². The third-order valence-electron chi connectivity index (χ3n) is 16.7. The molecule has 0 aromatic heterocycles. The highest BCUT2D eigenvalue weighted by molar-refractivity contribution is 5.78. The molecule has 1 aliphatic heterocycles. The molecule has 0 radical (unpaired) electrons. The number of fused-ring (bicyclic) bond motifs is 8. The second-order valence-electron chi connectivity index (χ2n) is 18.2. The molecule has 3 heteroatoms. The number of nitrogens with zero attached hydrogens (tertiary/aromatic N) is 1. The SMILES string of the molecule is C=C(C)[C@@H]1CCC2(N3CC3)CC[C@]3(C)[C@H](CC[C@@H]4[C@@]5(C)CC=C(C6=CC7C(C6)C7C(=O)OCC)C(C)(C)[C@@H]5CC[C@]43C)[C@@H]12. The summed E-state index contributed by atoms with van der Waals surface area (Å²) < 4.78 is 5.38. The maximum Gasteiger partial charge on any atom is 0.309 e. The summed E-state index contributed by atoms with van der Waals surface area (Å²) >= 11 is 0. The van der Waals surface area contributed by atoms with E-state index < -0.39 is 0 Å². The molecule has 0 aromatic carbocycles. The molecule has 0 aromatic rings. The monoisotopic (exact) mass is 585 g/mol. The summed E-state index contributed by atoms with van der Waals surface area (Å²) in [6.07, 6.45) is 18.8. The zero-order chi connectivity index (χ0) is 30.3. The van der Waals surface area contributed by atoms with Crippen molar-refractivity contribution >= 4 is 5.97 Å². The van der Waals surface area contributed by atoms with Crippen LogP contribution in [0.25, 0.3) is 0 Å². The van der Waals surface area contributed by atoms with Crippen LogP contribution in [0.2, 0.25) is 0 Å². The van der Waals surface area contributed by atoms with Crippen LogP contribution < -0.4 is 0 Å². The molecule has 12 atom stereocenters. The number of hydrogen-bond donors (Lipinski definition) is 0. The Kier molecular flexibility index (Phi) is 6.18. The number of rotatable bonds is 5. The fourth-order valence-corrected chi connectivity index (χ4v) is 14.5. The first-order valence-electron chi connectivity index (χ1n) is 18.3. The summed E-state index contributed by atoms with van der Waals surface area (Å²) in [5, 5.41) is 0. The summed E-state index contributed by atoms with van der Waals surface area (Å²) in [5.41, 5.74) is 6.54. The van der Waals surface area contributed by atoms with Gasteiger partial charge in [-0.25, -0.2) is 0 Å². The quantitative estimate of drug-likeness (QED) is 0.183. The zero-order valence-corrected chi connectivity index (χ0v) is 28.4. The molecular formula is C40H59NO2. The van der Waals surface area contributed by atoms with E-state index in [4.69, 9.17) is 4.74 Å². The average molecular weight is 586 g/mol. The Morgan fingerprint density at radius 3 is 2.40 bits per heavy atom. The lowest BCUT2D eigenvalue weighted by Gasteiger charge is -2.72. The van der Waals surface area contributed by atoms with Gasteiger partial charge in [0.2, 0.25) is 0 Å². The van der Waals surface area contributed by atoms with E-state index in [-0.39, 0.29) is 17.3 Å². The van der Waals surface area contributed by atoms with Crippen LogP contribution in [0.5, 0.6) is 0 Å². The molecule has 5 saturated carbocycles. The van der Waals surface area contributed by atoms with Gasteiger partial charge in [-0.3, -0.25) is 9.69 Å². The Hall–Kier alpha value is -1.35. The lowest BCUT2D eigenvalue weighted by atomic mass is 9.33. The van der Waals surface area contributed by atoms with Gasteiger partial charge in [-0.15, -0.1) is 0 Å². The minimum atomic E-state index is 0.0365. The van der Waals surface area contributed by atoms with Gasteiger partial charge in [0.25, 0.3) is 0 Å². The van der Waals surface area contributed by atoms with Gasteiger partial charge in [0, 0.05) is 18.6 Å². The topological polar surface area (TPSA) is 29.3 Å². The van der Waals surface area contributed by atoms with Gasteiger partial charge < -0.3 is 4.74 Å². The first-order valence-corrected chi connectivity index (χ1v) is 18.3. The van der Waals surface area contributed by atoms with Crippen LogP contribution in [0.3, 0.4) is 0 Å². The number of esters is 1. The van der Waals surface area contributed by atoms with Crippen molar-refractivity contribution in [2.45, 2.75) is 118 Å². The maximum absolute atomic E-state index is 12.4. The summed E-state index contributed by atoms with van der Waals surface area (Å²) in [4.78, 5) is 15.3. The standard InChI is InChI=1S/C40H59NO2/c1-9-43-35(42)33-27-22-25(23-28(27)33)29-13-15-37(6)31(36(29,4)5)14-16-39(8)32(37)11-10-30-34-26(24(2)3)12-17-40(34,41-20-21-41)19-18-38(30,39)7/h13,22,26-28,30-34H,2,9-12,14-21,23H2,1,3-8H3/t26-,27?,28?,30+,31-,32+,33?,34+,37-,38+,39+,40?/m0/s1. The maximum atomic E-state index is 12.4. The van der Waals surface area contributed by atoms with E-state index in [0.717, 1.165) is 36.0 Å². The fraction of sp³-hybridized carbons (Fsp3) is 0.825. The Morgan fingerprint density at radius 2 is 1.74 bits per heavy atom. The van der Waals surface area contributed by atoms with E-state index in [1.807, 2.05) is 6.92 Å². The third kappa shape index (κ3) is 3.61.